The van der Waals surface area contributed by atoms with Gasteiger partial charge < -0.3 is 15.5 Å². The van der Waals surface area contributed by atoms with Crippen molar-refractivity contribution in [2.24, 2.45) is 0 Å². The minimum Gasteiger partial charge on any atom is -0.481 e. The third-order valence-electron chi connectivity index (χ3n) is 2.39. The summed E-state index contributed by atoms with van der Waals surface area (Å²) in [5, 5.41) is 19.2. The molecule has 1 aromatic carbocycles. The number of carboxylic acid groups (broad SMARTS) is 2. The molecule has 0 fully saturated rings. The third-order valence-corrected chi connectivity index (χ3v) is 2.39. The quantitative estimate of drug-likeness (QED) is 0.803. The number of aromatic nitrogens is 1. The van der Waals surface area contributed by atoms with Crippen LogP contribution in [0.5, 0.6) is 0 Å². The average Bonchev–Trinajstić information content (AvgIpc) is 2.46. The van der Waals surface area contributed by atoms with Crippen molar-refractivity contribution in [3.05, 3.63) is 59.7 Å². The minimum absolute atomic E-state index is 0.00216. The lowest BCUT2D eigenvalue weighted by atomic mass is 10.2. The molecular formula is C15H15FN2O4. The summed E-state index contributed by atoms with van der Waals surface area (Å²) in [5.74, 6) is -2.16. The van der Waals surface area contributed by atoms with Gasteiger partial charge in [-0.2, -0.15) is 0 Å². The van der Waals surface area contributed by atoms with Crippen LogP contribution in [0.3, 0.4) is 0 Å². The van der Waals surface area contributed by atoms with Gasteiger partial charge in [-0.15, -0.1) is 0 Å². The van der Waals surface area contributed by atoms with Gasteiger partial charge in [0, 0.05) is 13.5 Å². The number of aromatic carboxylic acids is 1. The summed E-state index contributed by atoms with van der Waals surface area (Å²) in [6.07, 6.45) is 1.45. The molecule has 0 aliphatic carbocycles. The number of hydrogen-bond acceptors (Lipinski definition) is 4. The van der Waals surface area contributed by atoms with E-state index in [-0.39, 0.29) is 11.5 Å². The molecule has 2 aromatic rings. The van der Waals surface area contributed by atoms with E-state index in [1.54, 1.807) is 18.2 Å². The number of nitrogens with one attached hydrogen (secondary N) is 1. The monoisotopic (exact) mass is 306 g/mol. The van der Waals surface area contributed by atoms with Crippen LogP contribution in [0.25, 0.3) is 0 Å². The molecule has 3 N–H and O–H groups in total. The summed E-state index contributed by atoms with van der Waals surface area (Å²) in [6.45, 7) is 1.61. The van der Waals surface area contributed by atoms with Gasteiger partial charge in [-0.25, -0.2) is 14.2 Å². The van der Waals surface area contributed by atoms with E-state index in [1.807, 2.05) is 0 Å². The van der Waals surface area contributed by atoms with Gasteiger partial charge >= 0.3 is 5.97 Å². The average molecular weight is 306 g/mol. The van der Waals surface area contributed by atoms with Crippen LogP contribution in [0.15, 0.2) is 42.6 Å². The predicted octanol–water partition coefficient (Wildman–Crippen LogP) is 2.62. The van der Waals surface area contributed by atoms with Gasteiger partial charge in [-0.05, 0) is 29.8 Å². The molecule has 7 heteroatoms. The number of pyridine rings is 1. The highest BCUT2D eigenvalue weighted by atomic mass is 19.1. The van der Waals surface area contributed by atoms with Crippen LogP contribution in [0.1, 0.15) is 23.0 Å². The molecule has 0 spiro atoms. The molecule has 0 radical (unpaired) electrons. The highest BCUT2D eigenvalue weighted by Crippen LogP contribution is 2.09. The Morgan fingerprint density at radius 2 is 1.73 bits per heavy atom. The summed E-state index contributed by atoms with van der Waals surface area (Å²) >= 11 is 0. The van der Waals surface area contributed by atoms with Crippen molar-refractivity contribution in [1.29, 1.82) is 0 Å². The van der Waals surface area contributed by atoms with Crippen LogP contribution >= 0.6 is 0 Å². The van der Waals surface area contributed by atoms with Gasteiger partial charge in [0.05, 0.1) is 11.9 Å². The van der Waals surface area contributed by atoms with Crippen LogP contribution < -0.4 is 5.32 Å². The zero-order valence-electron chi connectivity index (χ0n) is 11.8. The Hall–Kier alpha value is -2.96. The molecule has 0 bridgehead atoms. The van der Waals surface area contributed by atoms with Crippen molar-refractivity contribution >= 4 is 17.6 Å². The largest absolute Gasteiger partial charge is 0.481 e. The van der Waals surface area contributed by atoms with E-state index in [1.165, 1.54) is 24.4 Å². The molecule has 0 atom stereocenters. The Bertz CT molecular complexity index is 623. The van der Waals surface area contributed by atoms with Crippen molar-refractivity contribution in [2.75, 3.05) is 5.32 Å². The van der Waals surface area contributed by atoms with Gasteiger partial charge in [0.2, 0.25) is 0 Å². The Labute approximate surface area is 126 Å². The second-order valence-electron chi connectivity index (χ2n) is 4.24. The molecule has 0 unspecified atom stereocenters. The molecule has 2 rings (SSSR count). The molecule has 6 nitrogen and oxygen atoms in total. The standard InChI is InChI=1S/C13H11FN2O2.C2H4O2/c14-10-3-1-9(2-4-10)7-15-11-5-6-12(13(17)18)16-8-11;1-2(3)4/h1-6,8,15H,7H2,(H,17,18);1H3,(H,3,4). The topological polar surface area (TPSA) is 99.5 Å². The fraction of sp³-hybridized carbons (Fsp3) is 0.133. The van der Waals surface area contributed by atoms with Gasteiger partial charge in [-0.1, -0.05) is 12.1 Å². The van der Waals surface area contributed by atoms with Crippen LogP contribution in [0, 0.1) is 5.82 Å². The maximum Gasteiger partial charge on any atom is 0.354 e. The second-order valence-corrected chi connectivity index (χ2v) is 4.24. The number of carbonyl (C=O) groups is 2. The fourth-order valence-corrected chi connectivity index (χ4v) is 1.43. The SMILES string of the molecule is CC(=O)O.O=C(O)c1ccc(NCc2ccc(F)cc2)cn1. The lowest BCUT2D eigenvalue weighted by Gasteiger charge is -2.06. The molecular weight excluding hydrogens is 291 g/mol. The first-order chi connectivity index (χ1) is 10.4. The van der Waals surface area contributed by atoms with Crippen molar-refractivity contribution in [3.8, 4) is 0 Å². The summed E-state index contributed by atoms with van der Waals surface area (Å²) in [4.78, 5) is 23.4. The van der Waals surface area contributed by atoms with E-state index in [4.69, 9.17) is 15.0 Å². The maximum absolute atomic E-state index is 12.7. The van der Waals surface area contributed by atoms with E-state index >= 15 is 0 Å². The first-order valence-corrected chi connectivity index (χ1v) is 6.25. The van der Waals surface area contributed by atoms with Gasteiger partial charge in [0.1, 0.15) is 11.5 Å². The third kappa shape index (κ3) is 6.47. The first-order valence-electron chi connectivity index (χ1n) is 6.25. The smallest absolute Gasteiger partial charge is 0.354 e. The molecule has 116 valence electrons. The van der Waals surface area contributed by atoms with Crippen LogP contribution in [0.4, 0.5) is 10.1 Å². The van der Waals surface area contributed by atoms with E-state index in [0.717, 1.165) is 12.5 Å². The number of aliphatic carboxylic acids is 1. The molecule has 0 aliphatic rings. The van der Waals surface area contributed by atoms with E-state index in [2.05, 4.69) is 10.3 Å². The fourth-order valence-electron chi connectivity index (χ4n) is 1.43. The zero-order valence-corrected chi connectivity index (χ0v) is 11.8. The second kappa shape index (κ2) is 8.35. The summed E-state index contributed by atoms with van der Waals surface area (Å²) in [6, 6.07) is 9.21. The van der Waals surface area contributed by atoms with Crippen molar-refractivity contribution in [3.63, 3.8) is 0 Å². The van der Waals surface area contributed by atoms with Crippen molar-refractivity contribution < 1.29 is 24.2 Å². The van der Waals surface area contributed by atoms with Gasteiger partial charge in [0.15, 0.2) is 0 Å². The first kappa shape index (κ1) is 17.1. The normalized spacial score (nSPS) is 9.36. The molecule has 22 heavy (non-hydrogen) atoms. The van der Waals surface area contributed by atoms with Crippen molar-refractivity contribution in [2.45, 2.75) is 13.5 Å². The maximum atomic E-state index is 12.7. The molecule has 0 amide bonds. The van der Waals surface area contributed by atoms with Crippen LogP contribution in [-0.4, -0.2) is 27.1 Å². The summed E-state index contributed by atoms with van der Waals surface area (Å²) in [5.41, 5.74) is 1.64. The molecule has 1 aromatic heterocycles. The number of carboxylic acids is 2. The minimum atomic E-state index is -1.06. The van der Waals surface area contributed by atoms with E-state index in [0.29, 0.717) is 12.2 Å². The van der Waals surface area contributed by atoms with Crippen molar-refractivity contribution in [1.82, 2.24) is 4.98 Å². The number of benzene rings is 1. The number of hydrogen-bond donors (Lipinski definition) is 3. The lowest BCUT2D eigenvalue weighted by Crippen LogP contribution is -2.03. The Kier molecular flexibility index (Phi) is 6.49. The highest BCUT2D eigenvalue weighted by Gasteiger charge is 2.03. The Morgan fingerprint density at radius 1 is 1.14 bits per heavy atom. The van der Waals surface area contributed by atoms with Gasteiger partial charge in [0.25, 0.3) is 5.97 Å². The number of halogens is 1. The number of rotatable bonds is 4. The highest BCUT2D eigenvalue weighted by molar-refractivity contribution is 5.85. The zero-order chi connectivity index (χ0) is 16.5. The molecule has 0 aliphatic heterocycles. The van der Waals surface area contributed by atoms with Crippen LogP contribution in [-0.2, 0) is 11.3 Å². The Morgan fingerprint density at radius 3 is 2.18 bits per heavy atom. The van der Waals surface area contributed by atoms with Crippen LogP contribution in [0.2, 0.25) is 0 Å². The lowest BCUT2D eigenvalue weighted by molar-refractivity contribution is -0.134. The Balaban J connectivity index is 0.000000541. The van der Waals surface area contributed by atoms with E-state index < -0.39 is 11.9 Å². The molecule has 0 saturated carbocycles. The summed E-state index contributed by atoms with van der Waals surface area (Å²) in [7, 11) is 0. The predicted molar refractivity (Wildman–Crippen MR) is 78.2 cm³/mol. The number of anilines is 1. The molecule has 0 saturated heterocycles. The van der Waals surface area contributed by atoms with E-state index in [9.17, 15) is 9.18 Å². The molecule has 1 heterocycles. The number of nitrogens with zero attached hydrogens (tertiary/aromatic N) is 1. The van der Waals surface area contributed by atoms with Gasteiger partial charge in [-0.3, -0.25) is 4.79 Å². The summed E-state index contributed by atoms with van der Waals surface area (Å²) < 4.78 is 12.7.